The molecule has 0 saturated carbocycles. The highest BCUT2D eigenvalue weighted by Crippen LogP contribution is 2.26. The first-order valence-corrected chi connectivity index (χ1v) is 10.4. The van der Waals surface area contributed by atoms with Crippen LogP contribution in [0.5, 0.6) is 5.75 Å². The molecule has 2 aliphatic heterocycles. The molecule has 2 fully saturated rings. The molecule has 8 heteroatoms. The number of carbonyl (C=O) groups excluding carboxylic acids is 3. The third kappa shape index (κ3) is 4.54. The van der Waals surface area contributed by atoms with E-state index >= 15 is 0 Å². The fourth-order valence-electron chi connectivity index (χ4n) is 4.14. The first-order chi connectivity index (χ1) is 15.1. The number of carbonyl (C=O) groups is 3. The summed E-state index contributed by atoms with van der Waals surface area (Å²) in [5.41, 5.74) is 1.48. The summed E-state index contributed by atoms with van der Waals surface area (Å²) < 4.78 is 5.13. The Balaban J connectivity index is 1.51. The molecule has 0 aliphatic carbocycles. The summed E-state index contributed by atoms with van der Waals surface area (Å²) in [6, 6.07) is 15.1. The number of benzene rings is 2. The van der Waals surface area contributed by atoms with Crippen LogP contribution in [-0.4, -0.2) is 59.9 Å². The molecule has 2 saturated heterocycles. The van der Waals surface area contributed by atoms with Gasteiger partial charge in [0.25, 0.3) is 0 Å². The molecule has 31 heavy (non-hydrogen) atoms. The van der Waals surface area contributed by atoms with Crippen molar-refractivity contribution >= 4 is 23.5 Å². The largest absolute Gasteiger partial charge is 0.497 e. The Morgan fingerprint density at radius 3 is 2.58 bits per heavy atom. The topological polar surface area (TPSA) is 91.0 Å². The number of urea groups is 1. The molecule has 4 rings (SSSR count). The van der Waals surface area contributed by atoms with Crippen LogP contribution < -0.4 is 15.4 Å². The van der Waals surface area contributed by atoms with E-state index in [-0.39, 0.29) is 30.9 Å². The van der Waals surface area contributed by atoms with Gasteiger partial charge in [-0.25, -0.2) is 4.79 Å². The van der Waals surface area contributed by atoms with Crippen LogP contribution in [0, 0.1) is 0 Å². The van der Waals surface area contributed by atoms with Crippen LogP contribution in [0.4, 0.5) is 10.5 Å². The van der Waals surface area contributed by atoms with Crippen LogP contribution in [-0.2, 0) is 16.1 Å². The molecular formula is C23H26N4O4. The summed E-state index contributed by atoms with van der Waals surface area (Å²) in [6.45, 7) is 0.776. The molecule has 0 radical (unpaired) electrons. The van der Waals surface area contributed by atoms with Gasteiger partial charge in [-0.15, -0.1) is 0 Å². The van der Waals surface area contributed by atoms with Gasteiger partial charge in [-0.2, -0.15) is 0 Å². The van der Waals surface area contributed by atoms with E-state index in [2.05, 4.69) is 10.6 Å². The van der Waals surface area contributed by atoms with Gasteiger partial charge in [0.05, 0.1) is 19.7 Å². The lowest BCUT2D eigenvalue weighted by molar-refractivity contribution is -0.138. The van der Waals surface area contributed by atoms with Crippen LogP contribution in [0.2, 0.25) is 0 Å². The molecule has 2 heterocycles. The Bertz CT molecular complexity index is 948. The van der Waals surface area contributed by atoms with Crippen LogP contribution >= 0.6 is 0 Å². The molecule has 2 atom stereocenters. The Morgan fingerprint density at radius 2 is 1.87 bits per heavy atom. The lowest BCUT2D eigenvalue weighted by atomic mass is 9.93. The van der Waals surface area contributed by atoms with Crippen LogP contribution in [0.15, 0.2) is 54.6 Å². The predicted molar refractivity (Wildman–Crippen MR) is 116 cm³/mol. The molecule has 2 unspecified atom stereocenters. The number of ether oxygens (including phenoxy) is 1. The minimum absolute atomic E-state index is 0.119. The number of rotatable bonds is 6. The van der Waals surface area contributed by atoms with Crippen LogP contribution in [0.3, 0.4) is 0 Å². The van der Waals surface area contributed by atoms with Gasteiger partial charge in [-0.3, -0.25) is 14.5 Å². The number of anilines is 1. The Hall–Kier alpha value is -3.39. The van der Waals surface area contributed by atoms with E-state index in [4.69, 9.17) is 4.74 Å². The second-order valence-electron chi connectivity index (χ2n) is 7.74. The minimum atomic E-state index is -0.496. The van der Waals surface area contributed by atoms with Gasteiger partial charge < -0.3 is 20.3 Å². The molecule has 2 aromatic carbocycles. The molecule has 0 aromatic heterocycles. The molecule has 2 aliphatic rings. The highest BCUT2D eigenvalue weighted by atomic mass is 16.5. The number of amides is 4. The summed E-state index contributed by atoms with van der Waals surface area (Å²) in [7, 11) is 1.58. The number of fused-ring (bicyclic) bond motifs is 1. The fourth-order valence-corrected chi connectivity index (χ4v) is 4.14. The highest BCUT2D eigenvalue weighted by Gasteiger charge is 2.47. The standard InChI is InChI=1S/C23H26N4O4/c1-31-18-11-9-17(10-12-18)25-20(28)15-26-19-8-5-13-24-21(19)22(29)27(23(26)30)14-16-6-3-2-4-7-16/h2-4,6-7,9-12,19,21,24H,5,8,13-15H2,1H3,(H,25,28). The van der Waals surface area contributed by atoms with E-state index in [1.807, 2.05) is 30.3 Å². The quantitative estimate of drug-likeness (QED) is 0.745. The second-order valence-corrected chi connectivity index (χ2v) is 7.74. The first kappa shape index (κ1) is 20.9. The number of piperidine rings is 1. The normalized spacial score (nSPS) is 20.9. The molecular weight excluding hydrogens is 396 g/mol. The zero-order valence-corrected chi connectivity index (χ0v) is 17.4. The summed E-state index contributed by atoms with van der Waals surface area (Å²) in [5.74, 6) is 0.151. The zero-order chi connectivity index (χ0) is 21.8. The summed E-state index contributed by atoms with van der Waals surface area (Å²) in [4.78, 5) is 41.8. The van der Waals surface area contributed by atoms with Crippen molar-refractivity contribution in [3.8, 4) is 5.75 Å². The zero-order valence-electron chi connectivity index (χ0n) is 17.4. The van der Waals surface area contributed by atoms with Gasteiger partial charge in [0, 0.05) is 5.69 Å². The Labute approximate surface area is 181 Å². The van der Waals surface area contributed by atoms with Crippen LogP contribution in [0.1, 0.15) is 18.4 Å². The van der Waals surface area contributed by atoms with Gasteiger partial charge in [-0.05, 0) is 49.2 Å². The maximum atomic E-state index is 13.3. The average Bonchev–Trinajstić information content (AvgIpc) is 2.80. The third-order valence-electron chi connectivity index (χ3n) is 5.71. The van der Waals surface area contributed by atoms with E-state index in [0.717, 1.165) is 12.0 Å². The van der Waals surface area contributed by atoms with Gasteiger partial charge in [0.15, 0.2) is 0 Å². The van der Waals surface area contributed by atoms with Gasteiger partial charge in [-0.1, -0.05) is 30.3 Å². The van der Waals surface area contributed by atoms with E-state index in [1.165, 1.54) is 9.80 Å². The number of hydrogen-bond acceptors (Lipinski definition) is 5. The van der Waals surface area contributed by atoms with E-state index in [0.29, 0.717) is 24.4 Å². The number of imide groups is 1. The van der Waals surface area contributed by atoms with Crippen molar-refractivity contribution in [3.63, 3.8) is 0 Å². The van der Waals surface area contributed by atoms with Crippen molar-refractivity contribution in [3.05, 3.63) is 60.2 Å². The van der Waals surface area contributed by atoms with Gasteiger partial charge >= 0.3 is 6.03 Å². The maximum Gasteiger partial charge on any atom is 0.327 e. The molecule has 0 bridgehead atoms. The average molecular weight is 422 g/mol. The van der Waals surface area contributed by atoms with E-state index in [1.54, 1.807) is 31.4 Å². The van der Waals surface area contributed by atoms with Crippen molar-refractivity contribution in [2.45, 2.75) is 31.5 Å². The van der Waals surface area contributed by atoms with Crippen molar-refractivity contribution in [1.82, 2.24) is 15.1 Å². The van der Waals surface area contributed by atoms with Crippen molar-refractivity contribution < 1.29 is 19.1 Å². The highest BCUT2D eigenvalue weighted by molar-refractivity contribution is 6.02. The van der Waals surface area contributed by atoms with Crippen molar-refractivity contribution in [1.29, 1.82) is 0 Å². The second kappa shape index (κ2) is 9.18. The summed E-state index contributed by atoms with van der Waals surface area (Å²) in [5, 5.41) is 6.06. The lowest BCUT2D eigenvalue weighted by Gasteiger charge is -2.46. The Kier molecular flexibility index (Phi) is 6.18. The minimum Gasteiger partial charge on any atom is -0.497 e. The molecule has 2 N–H and O–H groups in total. The number of nitrogens with one attached hydrogen (secondary N) is 2. The third-order valence-corrected chi connectivity index (χ3v) is 5.71. The first-order valence-electron chi connectivity index (χ1n) is 10.4. The molecule has 2 aromatic rings. The van der Waals surface area contributed by atoms with Gasteiger partial charge in [0.2, 0.25) is 11.8 Å². The van der Waals surface area contributed by atoms with Crippen molar-refractivity contribution in [2.75, 3.05) is 25.5 Å². The maximum absolute atomic E-state index is 13.3. The summed E-state index contributed by atoms with van der Waals surface area (Å²) in [6.07, 6.45) is 1.53. The fraction of sp³-hybridized carbons (Fsp3) is 0.348. The molecule has 0 spiro atoms. The molecule has 162 valence electrons. The monoisotopic (exact) mass is 422 g/mol. The van der Waals surface area contributed by atoms with E-state index < -0.39 is 12.1 Å². The van der Waals surface area contributed by atoms with Crippen LogP contribution in [0.25, 0.3) is 0 Å². The smallest absolute Gasteiger partial charge is 0.327 e. The number of methoxy groups -OCH3 is 1. The molecule has 8 nitrogen and oxygen atoms in total. The van der Waals surface area contributed by atoms with Gasteiger partial charge in [0.1, 0.15) is 18.3 Å². The van der Waals surface area contributed by atoms with Crippen molar-refractivity contribution in [2.24, 2.45) is 0 Å². The predicted octanol–water partition coefficient (Wildman–Crippen LogP) is 2.22. The summed E-state index contributed by atoms with van der Waals surface area (Å²) >= 11 is 0. The van der Waals surface area contributed by atoms with E-state index in [9.17, 15) is 14.4 Å². The lowest BCUT2D eigenvalue weighted by Crippen LogP contribution is -2.70. The number of nitrogens with zero attached hydrogens (tertiary/aromatic N) is 2. The number of hydrogen-bond donors (Lipinski definition) is 2. The Morgan fingerprint density at radius 1 is 1.13 bits per heavy atom. The SMILES string of the molecule is COc1ccc(NC(=O)CN2C(=O)N(Cc3ccccc3)C(=O)C3NCCCC32)cc1. The molecule has 4 amide bonds.